The number of rotatable bonds is 6. The lowest BCUT2D eigenvalue weighted by Gasteiger charge is -2.27. The van der Waals surface area contributed by atoms with Gasteiger partial charge in [0.05, 0.1) is 5.52 Å². The number of hydrogen-bond acceptors (Lipinski definition) is 4. The van der Waals surface area contributed by atoms with E-state index in [4.69, 9.17) is 0 Å². The second kappa shape index (κ2) is 13.2. The number of fused-ring (bicyclic) bond motifs is 10. The topological polar surface area (TPSA) is 10.9 Å². The molecule has 0 saturated carbocycles. The summed E-state index contributed by atoms with van der Waals surface area (Å²) in [5.41, 5.74) is 11.1. The highest BCUT2D eigenvalue weighted by atomic mass is 32.1. The van der Waals surface area contributed by atoms with Gasteiger partial charge in [-0.1, -0.05) is 133 Å². The predicted octanol–water partition coefficient (Wildman–Crippen LogP) is 16.8. The van der Waals surface area contributed by atoms with E-state index >= 15 is 0 Å². The minimum Gasteiger partial charge on any atom is -0.310 e. The van der Waals surface area contributed by atoms with Gasteiger partial charge in [-0.25, -0.2) is 0 Å². The van der Waals surface area contributed by atoms with Crippen molar-refractivity contribution in [2.75, 3.05) is 9.80 Å². The molecule has 0 amide bonds. The van der Waals surface area contributed by atoms with Crippen molar-refractivity contribution >= 4 is 114 Å². The van der Waals surface area contributed by atoms with Crippen LogP contribution >= 0.6 is 22.7 Å². The molecular formula is C54H45N3S2. The monoisotopic (exact) mass is 799 g/mol. The summed E-state index contributed by atoms with van der Waals surface area (Å²) in [5.74, 6) is 0. The molecule has 0 saturated heterocycles. The zero-order chi connectivity index (χ0) is 40.2. The van der Waals surface area contributed by atoms with Crippen molar-refractivity contribution in [2.45, 2.75) is 52.4 Å². The summed E-state index contributed by atoms with van der Waals surface area (Å²) < 4.78 is 5.16. The Balaban J connectivity index is 1.07. The molecule has 4 aromatic heterocycles. The van der Waals surface area contributed by atoms with Crippen molar-refractivity contribution in [3.05, 3.63) is 175 Å². The Morgan fingerprint density at radius 3 is 1.14 bits per heavy atom. The summed E-state index contributed by atoms with van der Waals surface area (Å²) in [6.45, 7) is 13.6. The van der Waals surface area contributed by atoms with E-state index in [0.29, 0.717) is 0 Å². The number of aromatic nitrogens is 1. The Labute approximate surface area is 353 Å². The van der Waals surface area contributed by atoms with E-state index < -0.39 is 0 Å². The molecule has 7 aromatic carbocycles. The Hall–Kier alpha value is -6.14. The van der Waals surface area contributed by atoms with Gasteiger partial charge < -0.3 is 9.80 Å². The fourth-order valence-corrected chi connectivity index (χ4v) is 11.6. The molecule has 0 bridgehead atoms. The van der Waals surface area contributed by atoms with Crippen LogP contribution in [0.25, 0.3) is 56.9 Å². The van der Waals surface area contributed by atoms with Crippen LogP contribution in [0, 0.1) is 0 Å². The highest BCUT2D eigenvalue weighted by Gasteiger charge is 2.25. The maximum absolute atomic E-state index is 2.57. The summed E-state index contributed by atoms with van der Waals surface area (Å²) in [6, 6.07) is 60.7. The van der Waals surface area contributed by atoms with Crippen molar-refractivity contribution in [1.29, 1.82) is 0 Å². The highest BCUT2D eigenvalue weighted by Crippen LogP contribution is 2.51. The van der Waals surface area contributed by atoms with Gasteiger partial charge in [0.15, 0.2) is 0 Å². The molecule has 4 heterocycles. The largest absolute Gasteiger partial charge is 0.310 e. The van der Waals surface area contributed by atoms with Gasteiger partial charge in [0.1, 0.15) is 9.66 Å². The maximum atomic E-state index is 2.57. The van der Waals surface area contributed by atoms with Gasteiger partial charge in [-0.15, -0.1) is 22.7 Å². The zero-order valence-corrected chi connectivity index (χ0v) is 35.9. The summed E-state index contributed by atoms with van der Waals surface area (Å²) in [7, 11) is 0. The first-order valence-electron chi connectivity index (χ1n) is 20.5. The summed E-state index contributed by atoms with van der Waals surface area (Å²) >= 11 is 3.83. The van der Waals surface area contributed by atoms with Gasteiger partial charge in [-0.05, 0) is 94.8 Å². The second-order valence-corrected chi connectivity index (χ2v) is 20.0. The third kappa shape index (κ3) is 5.74. The van der Waals surface area contributed by atoms with Crippen LogP contribution in [0.4, 0.5) is 34.1 Å². The normalized spacial score (nSPS) is 12.6. The van der Waals surface area contributed by atoms with E-state index in [2.05, 4.69) is 220 Å². The molecule has 0 aliphatic heterocycles. The standard InChI is InChI=1S/C54H45N3S2/c1-53(2,3)34-20-24-38(25-21-34)55(36-14-9-7-10-15-36)40-28-30-42-46(32-40)58-51-48(42)44-18-13-19-45-49-43-31-29-41(33-47(43)59-52(49)57(51)50(44)45)56(37-16-11-8-12-17-37)39-26-22-35(23-27-39)54(4,5)6/h7-33H,1-6H3. The van der Waals surface area contributed by atoms with Gasteiger partial charge >= 0.3 is 0 Å². The first kappa shape index (κ1) is 36.0. The fourth-order valence-electron chi connectivity index (χ4n) is 9.01. The van der Waals surface area contributed by atoms with Crippen LogP contribution in [-0.2, 0) is 10.8 Å². The lowest BCUT2D eigenvalue weighted by atomic mass is 9.87. The minimum absolute atomic E-state index is 0.0935. The molecule has 0 fully saturated rings. The molecule has 0 atom stereocenters. The maximum Gasteiger partial charge on any atom is 0.110 e. The van der Waals surface area contributed by atoms with Crippen molar-refractivity contribution < 1.29 is 0 Å². The first-order valence-corrected chi connectivity index (χ1v) is 22.1. The number of anilines is 6. The van der Waals surface area contributed by atoms with E-state index in [-0.39, 0.29) is 10.8 Å². The van der Waals surface area contributed by atoms with Crippen LogP contribution in [0.3, 0.4) is 0 Å². The quantitative estimate of drug-likeness (QED) is 0.166. The highest BCUT2D eigenvalue weighted by molar-refractivity contribution is 7.27. The molecule has 3 nitrogen and oxygen atoms in total. The van der Waals surface area contributed by atoms with Gasteiger partial charge in [0.25, 0.3) is 0 Å². The molecule has 59 heavy (non-hydrogen) atoms. The number of nitrogens with zero attached hydrogens (tertiary/aromatic N) is 3. The zero-order valence-electron chi connectivity index (χ0n) is 34.2. The molecular weight excluding hydrogens is 755 g/mol. The molecule has 11 rings (SSSR count). The molecule has 0 spiro atoms. The Bertz CT molecular complexity index is 3100. The molecule has 0 aliphatic rings. The summed E-state index contributed by atoms with van der Waals surface area (Å²) in [4.78, 5) is 7.40. The van der Waals surface area contributed by atoms with Crippen LogP contribution in [0.1, 0.15) is 52.7 Å². The van der Waals surface area contributed by atoms with Crippen LogP contribution in [0.5, 0.6) is 0 Å². The number of thiophene rings is 2. The molecule has 11 aromatic rings. The van der Waals surface area contributed by atoms with Crippen molar-refractivity contribution in [3.8, 4) is 0 Å². The van der Waals surface area contributed by atoms with E-state index in [1.807, 2.05) is 22.7 Å². The molecule has 5 heteroatoms. The van der Waals surface area contributed by atoms with E-state index in [1.54, 1.807) is 0 Å². The third-order valence-electron chi connectivity index (χ3n) is 12.0. The van der Waals surface area contributed by atoms with Crippen LogP contribution < -0.4 is 9.80 Å². The minimum atomic E-state index is 0.0935. The lowest BCUT2D eigenvalue weighted by molar-refractivity contribution is 0.590. The average Bonchev–Trinajstić information content (AvgIpc) is 3.97. The Morgan fingerprint density at radius 1 is 0.373 bits per heavy atom. The van der Waals surface area contributed by atoms with E-state index in [0.717, 1.165) is 34.1 Å². The first-order chi connectivity index (χ1) is 28.5. The Morgan fingerprint density at radius 2 is 0.746 bits per heavy atom. The molecule has 0 N–H and O–H groups in total. The smallest absolute Gasteiger partial charge is 0.110 e. The van der Waals surface area contributed by atoms with Crippen molar-refractivity contribution in [2.24, 2.45) is 0 Å². The van der Waals surface area contributed by atoms with Crippen molar-refractivity contribution in [1.82, 2.24) is 4.40 Å². The predicted molar refractivity (Wildman–Crippen MR) is 259 cm³/mol. The number of benzene rings is 7. The van der Waals surface area contributed by atoms with Crippen molar-refractivity contribution in [3.63, 3.8) is 0 Å². The lowest BCUT2D eigenvalue weighted by Crippen LogP contribution is -2.13. The SMILES string of the molecule is CC(C)(C)c1ccc(N(c2ccccc2)c2ccc3c(c2)sc2c3c3cccc4c5c6ccc(N(c7ccccc7)c7ccc(C(C)(C)C)cc7)cc6sc5n2c34)cc1. The van der Waals surface area contributed by atoms with E-state index in [9.17, 15) is 0 Å². The molecule has 0 radical (unpaired) electrons. The molecule has 288 valence electrons. The molecule has 0 unspecified atom stereocenters. The molecule has 0 aliphatic carbocycles. The average molecular weight is 800 g/mol. The van der Waals surface area contributed by atoms with Gasteiger partial charge in [0.2, 0.25) is 0 Å². The number of para-hydroxylation sites is 3. The fraction of sp³-hybridized carbons (Fsp3) is 0.148. The van der Waals surface area contributed by atoms with Gasteiger partial charge in [-0.3, -0.25) is 4.40 Å². The van der Waals surface area contributed by atoms with Gasteiger partial charge in [-0.2, -0.15) is 0 Å². The van der Waals surface area contributed by atoms with Crippen LogP contribution in [-0.4, -0.2) is 4.40 Å². The van der Waals surface area contributed by atoms with Crippen LogP contribution in [0.2, 0.25) is 0 Å². The third-order valence-corrected chi connectivity index (χ3v) is 14.3. The second-order valence-electron chi connectivity index (χ2n) is 17.9. The Kier molecular flexibility index (Phi) is 8.04. The number of hydrogen-bond donors (Lipinski definition) is 0. The van der Waals surface area contributed by atoms with Crippen LogP contribution in [0.15, 0.2) is 164 Å². The van der Waals surface area contributed by atoms with Gasteiger partial charge in [0, 0.05) is 75.8 Å². The summed E-state index contributed by atoms with van der Waals surface area (Å²) in [5, 5.41) is 7.99. The van der Waals surface area contributed by atoms with E-state index in [1.165, 1.54) is 68.0 Å². The summed E-state index contributed by atoms with van der Waals surface area (Å²) in [6.07, 6.45) is 0.